The molecule has 0 aromatic carbocycles. The number of aromatic nitrogens is 1. The van der Waals surface area contributed by atoms with Crippen LogP contribution in [-0.4, -0.2) is 48.8 Å². The zero-order valence-electron chi connectivity index (χ0n) is 12.4. The summed E-state index contributed by atoms with van der Waals surface area (Å²) in [7, 11) is -3.69. The molecule has 7 nitrogen and oxygen atoms in total. The van der Waals surface area contributed by atoms with E-state index in [2.05, 4.69) is 9.88 Å². The lowest BCUT2D eigenvalue weighted by Crippen LogP contribution is -2.48. The molecule has 23 heavy (non-hydrogen) atoms. The molecule has 0 spiro atoms. The van der Waals surface area contributed by atoms with Gasteiger partial charge in [0.05, 0.1) is 12.8 Å². The van der Waals surface area contributed by atoms with Crippen LogP contribution in [0.4, 0.5) is 0 Å². The molecule has 1 aliphatic heterocycles. The van der Waals surface area contributed by atoms with Crippen LogP contribution in [0.1, 0.15) is 11.5 Å². The Morgan fingerprint density at radius 3 is 2.65 bits per heavy atom. The minimum atomic E-state index is -3.69. The van der Waals surface area contributed by atoms with E-state index in [1.807, 2.05) is 18.2 Å². The smallest absolute Gasteiger partial charge is 0.246 e. The van der Waals surface area contributed by atoms with Gasteiger partial charge < -0.3 is 4.42 Å². The van der Waals surface area contributed by atoms with E-state index in [9.17, 15) is 8.42 Å². The lowest BCUT2D eigenvalue weighted by Gasteiger charge is -2.33. The van der Waals surface area contributed by atoms with Gasteiger partial charge in [0, 0.05) is 32.4 Å². The molecule has 0 saturated carbocycles. The molecular formula is C15H16N4O3S. The van der Waals surface area contributed by atoms with E-state index in [0.717, 1.165) is 5.76 Å². The molecule has 2 aromatic rings. The molecule has 0 aliphatic carbocycles. The lowest BCUT2D eigenvalue weighted by molar-refractivity contribution is 0.171. The Hall–Kier alpha value is -2.21. The first-order valence-corrected chi connectivity index (χ1v) is 8.65. The summed E-state index contributed by atoms with van der Waals surface area (Å²) >= 11 is 0. The monoisotopic (exact) mass is 332 g/mol. The van der Waals surface area contributed by atoms with Gasteiger partial charge in [-0.25, -0.2) is 13.4 Å². The average molecular weight is 332 g/mol. The minimum Gasteiger partial charge on any atom is -0.468 e. The Labute approximate surface area is 134 Å². The predicted molar refractivity (Wildman–Crippen MR) is 81.7 cm³/mol. The summed E-state index contributed by atoms with van der Waals surface area (Å²) in [5, 5.41) is 9.05. The summed E-state index contributed by atoms with van der Waals surface area (Å²) in [6.07, 6.45) is 3.04. The number of piperazine rings is 1. The first kappa shape index (κ1) is 15.7. The highest BCUT2D eigenvalue weighted by Gasteiger charge is 2.30. The normalized spacial score (nSPS) is 17.0. The van der Waals surface area contributed by atoms with Crippen molar-refractivity contribution in [1.82, 2.24) is 14.2 Å². The fraction of sp³-hybridized carbons (Fsp3) is 0.333. The summed E-state index contributed by atoms with van der Waals surface area (Å²) in [5.41, 5.74) is -0.0643. The minimum absolute atomic E-state index is 0.0259. The first-order valence-electron chi connectivity index (χ1n) is 7.21. The van der Waals surface area contributed by atoms with Crippen molar-refractivity contribution in [3.05, 3.63) is 48.2 Å². The number of furan rings is 1. The SMILES string of the molecule is N#Cc1ncccc1S(=O)(=O)N1CCN(Cc2ccco2)CC1. The lowest BCUT2D eigenvalue weighted by atomic mass is 10.3. The zero-order chi connectivity index (χ0) is 16.3. The molecule has 2 aromatic heterocycles. The average Bonchev–Trinajstić information content (AvgIpc) is 3.08. The molecule has 8 heteroatoms. The molecule has 3 rings (SSSR count). The van der Waals surface area contributed by atoms with Gasteiger partial charge in [0.2, 0.25) is 10.0 Å². The quantitative estimate of drug-likeness (QED) is 0.831. The van der Waals surface area contributed by atoms with E-state index in [1.165, 1.54) is 22.6 Å². The van der Waals surface area contributed by atoms with E-state index in [1.54, 1.807) is 6.26 Å². The van der Waals surface area contributed by atoms with E-state index in [0.29, 0.717) is 32.7 Å². The van der Waals surface area contributed by atoms with Gasteiger partial charge in [0.25, 0.3) is 0 Å². The number of sulfonamides is 1. The van der Waals surface area contributed by atoms with Crippen LogP contribution < -0.4 is 0 Å². The van der Waals surface area contributed by atoms with Crippen molar-refractivity contribution in [3.8, 4) is 6.07 Å². The second-order valence-electron chi connectivity index (χ2n) is 5.22. The van der Waals surface area contributed by atoms with E-state index in [4.69, 9.17) is 9.68 Å². The van der Waals surface area contributed by atoms with Crippen molar-refractivity contribution in [1.29, 1.82) is 5.26 Å². The second-order valence-corrected chi connectivity index (χ2v) is 7.13. The zero-order valence-corrected chi connectivity index (χ0v) is 13.2. The Morgan fingerprint density at radius 2 is 2.00 bits per heavy atom. The van der Waals surface area contributed by atoms with Crippen LogP contribution in [0, 0.1) is 11.3 Å². The molecule has 1 aliphatic rings. The third-order valence-corrected chi connectivity index (χ3v) is 5.72. The van der Waals surface area contributed by atoms with Gasteiger partial charge in [0.1, 0.15) is 16.7 Å². The standard InChI is InChI=1S/C15H16N4O3S/c16-11-14-15(4-1-5-17-14)23(20,21)19-8-6-18(7-9-19)12-13-3-2-10-22-13/h1-5,10H,6-9,12H2. The van der Waals surface area contributed by atoms with Gasteiger partial charge in [0.15, 0.2) is 5.69 Å². The third kappa shape index (κ3) is 3.27. The Balaban J connectivity index is 1.70. The number of hydrogen-bond donors (Lipinski definition) is 0. The molecule has 0 N–H and O–H groups in total. The fourth-order valence-corrected chi connectivity index (χ4v) is 4.09. The number of rotatable bonds is 4. The van der Waals surface area contributed by atoms with Gasteiger partial charge in [-0.05, 0) is 24.3 Å². The molecule has 0 atom stereocenters. The van der Waals surface area contributed by atoms with Gasteiger partial charge in [-0.15, -0.1) is 0 Å². The van der Waals surface area contributed by atoms with Crippen LogP contribution in [0.5, 0.6) is 0 Å². The first-order chi connectivity index (χ1) is 11.1. The maximum absolute atomic E-state index is 12.7. The molecule has 0 unspecified atom stereocenters. The van der Waals surface area contributed by atoms with Crippen molar-refractivity contribution in [2.24, 2.45) is 0 Å². The van der Waals surface area contributed by atoms with Crippen molar-refractivity contribution >= 4 is 10.0 Å². The summed E-state index contributed by atoms with van der Waals surface area (Å²) in [6, 6.07) is 8.53. The predicted octanol–water partition coefficient (Wildman–Crippen LogP) is 1.05. The maximum Gasteiger partial charge on any atom is 0.246 e. The molecule has 1 saturated heterocycles. The van der Waals surface area contributed by atoms with Crippen molar-refractivity contribution in [3.63, 3.8) is 0 Å². The molecule has 0 radical (unpaired) electrons. The largest absolute Gasteiger partial charge is 0.468 e. The number of nitriles is 1. The topological polar surface area (TPSA) is 90.4 Å². The molecule has 120 valence electrons. The molecule has 0 bridgehead atoms. The van der Waals surface area contributed by atoms with Crippen molar-refractivity contribution < 1.29 is 12.8 Å². The molecule has 1 fully saturated rings. The molecule has 3 heterocycles. The van der Waals surface area contributed by atoms with Crippen LogP contribution in [0.3, 0.4) is 0 Å². The number of pyridine rings is 1. The summed E-state index contributed by atoms with van der Waals surface area (Å²) in [6.45, 7) is 2.65. The number of hydrogen-bond acceptors (Lipinski definition) is 6. The van der Waals surface area contributed by atoms with Crippen molar-refractivity contribution in [2.45, 2.75) is 11.4 Å². The van der Waals surface area contributed by atoms with E-state index < -0.39 is 10.0 Å². The van der Waals surface area contributed by atoms with Gasteiger partial charge in [-0.2, -0.15) is 9.57 Å². The Kier molecular flexibility index (Phi) is 4.43. The van der Waals surface area contributed by atoms with Gasteiger partial charge in [-0.1, -0.05) is 0 Å². The summed E-state index contributed by atoms with van der Waals surface area (Å²) in [4.78, 5) is 5.95. The highest BCUT2D eigenvalue weighted by molar-refractivity contribution is 7.89. The second kappa shape index (κ2) is 6.50. The van der Waals surface area contributed by atoms with Gasteiger partial charge >= 0.3 is 0 Å². The maximum atomic E-state index is 12.7. The highest BCUT2D eigenvalue weighted by Crippen LogP contribution is 2.20. The van der Waals surface area contributed by atoms with E-state index in [-0.39, 0.29) is 10.6 Å². The Bertz CT molecular complexity index is 803. The van der Waals surface area contributed by atoms with Crippen LogP contribution >= 0.6 is 0 Å². The fourth-order valence-electron chi connectivity index (χ4n) is 2.57. The third-order valence-electron chi connectivity index (χ3n) is 3.79. The molecule has 0 amide bonds. The highest BCUT2D eigenvalue weighted by atomic mass is 32.2. The van der Waals surface area contributed by atoms with Crippen LogP contribution in [-0.2, 0) is 16.6 Å². The summed E-state index contributed by atoms with van der Waals surface area (Å²) in [5.74, 6) is 0.861. The van der Waals surface area contributed by atoms with E-state index >= 15 is 0 Å². The van der Waals surface area contributed by atoms with Crippen LogP contribution in [0.15, 0.2) is 46.0 Å². The van der Waals surface area contributed by atoms with Crippen molar-refractivity contribution in [2.75, 3.05) is 26.2 Å². The van der Waals surface area contributed by atoms with Crippen LogP contribution in [0.25, 0.3) is 0 Å². The summed E-state index contributed by atoms with van der Waals surface area (Å²) < 4.78 is 32.1. The number of nitrogens with zero attached hydrogens (tertiary/aromatic N) is 4. The van der Waals surface area contributed by atoms with Gasteiger partial charge in [-0.3, -0.25) is 4.90 Å². The molecular weight excluding hydrogens is 316 g/mol. The van der Waals surface area contributed by atoms with Crippen LogP contribution in [0.2, 0.25) is 0 Å². The Morgan fingerprint density at radius 1 is 1.22 bits per heavy atom.